The van der Waals surface area contributed by atoms with Crippen LogP contribution in [0.3, 0.4) is 0 Å². The zero-order valence-corrected chi connectivity index (χ0v) is 12.5. The third kappa shape index (κ3) is 3.23. The number of aromatic nitrogens is 2. The van der Waals surface area contributed by atoms with Gasteiger partial charge in [0.2, 0.25) is 0 Å². The highest BCUT2D eigenvalue weighted by atomic mass is 79.9. The first-order valence-electron chi connectivity index (χ1n) is 6.22. The van der Waals surface area contributed by atoms with Crippen molar-refractivity contribution in [1.29, 1.82) is 0 Å². The van der Waals surface area contributed by atoms with Crippen LogP contribution in [0.2, 0.25) is 0 Å². The van der Waals surface area contributed by atoms with Crippen LogP contribution in [-0.2, 0) is 0 Å². The van der Waals surface area contributed by atoms with Crippen molar-refractivity contribution in [1.82, 2.24) is 9.78 Å². The van der Waals surface area contributed by atoms with E-state index < -0.39 is 0 Å². The van der Waals surface area contributed by atoms with Crippen molar-refractivity contribution in [3.05, 3.63) is 46.6 Å². The van der Waals surface area contributed by atoms with Gasteiger partial charge >= 0.3 is 0 Å². The van der Waals surface area contributed by atoms with Gasteiger partial charge in [-0.25, -0.2) is 4.68 Å². The first kappa shape index (κ1) is 13.8. The van der Waals surface area contributed by atoms with Gasteiger partial charge in [0.1, 0.15) is 5.82 Å². The quantitative estimate of drug-likeness (QED) is 0.929. The molecule has 1 heterocycles. The molecule has 0 saturated heterocycles. The van der Waals surface area contributed by atoms with E-state index in [1.165, 1.54) is 0 Å². The maximum Gasteiger partial charge on any atom is 0.256 e. The molecule has 2 aromatic rings. The number of hydrogen-bond acceptors (Lipinski definition) is 2. The van der Waals surface area contributed by atoms with Crippen LogP contribution in [-0.4, -0.2) is 15.7 Å². The van der Waals surface area contributed by atoms with E-state index in [1.807, 2.05) is 22.9 Å². The molecule has 1 amide bonds. The van der Waals surface area contributed by atoms with Gasteiger partial charge in [0, 0.05) is 16.1 Å². The van der Waals surface area contributed by atoms with E-state index >= 15 is 0 Å². The molecule has 0 aliphatic rings. The van der Waals surface area contributed by atoms with Crippen LogP contribution in [0, 0.1) is 0 Å². The molecular formula is C14H16BrN3O. The highest BCUT2D eigenvalue weighted by Crippen LogP contribution is 2.18. The predicted molar refractivity (Wildman–Crippen MR) is 79.3 cm³/mol. The summed E-state index contributed by atoms with van der Waals surface area (Å²) in [6.07, 6.45) is 2.66. The molecule has 0 bridgehead atoms. The monoisotopic (exact) mass is 321 g/mol. The van der Waals surface area contributed by atoms with Crippen molar-refractivity contribution in [3.8, 4) is 0 Å². The number of hydrogen-bond donors (Lipinski definition) is 1. The summed E-state index contributed by atoms with van der Waals surface area (Å²) in [7, 11) is 0. The van der Waals surface area contributed by atoms with Crippen LogP contribution in [0.1, 0.15) is 36.7 Å². The van der Waals surface area contributed by atoms with Crippen LogP contribution < -0.4 is 5.32 Å². The number of anilines is 1. The highest BCUT2D eigenvalue weighted by molar-refractivity contribution is 9.10. The Morgan fingerprint density at radius 2 is 2.26 bits per heavy atom. The van der Waals surface area contributed by atoms with Crippen molar-refractivity contribution in [2.45, 2.75) is 26.3 Å². The van der Waals surface area contributed by atoms with Crippen LogP contribution in [0.5, 0.6) is 0 Å². The number of carbonyl (C=O) groups excluding carboxylic acids is 1. The molecule has 1 aromatic heterocycles. The van der Waals surface area contributed by atoms with E-state index in [0.29, 0.717) is 5.56 Å². The summed E-state index contributed by atoms with van der Waals surface area (Å²) in [5.41, 5.74) is 0.617. The minimum absolute atomic E-state index is 0.133. The summed E-state index contributed by atoms with van der Waals surface area (Å²) in [4.78, 5) is 12.2. The molecule has 19 heavy (non-hydrogen) atoms. The van der Waals surface area contributed by atoms with Gasteiger partial charge in [-0.15, -0.1) is 0 Å². The van der Waals surface area contributed by atoms with Crippen molar-refractivity contribution in [2.75, 3.05) is 5.32 Å². The molecule has 4 nitrogen and oxygen atoms in total. The Bertz CT molecular complexity index is 580. The second-order valence-corrected chi connectivity index (χ2v) is 5.30. The lowest BCUT2D eigenvalue weighted by molar-refractivity contribution is 0.102. The molecule has 1 N–H and O–H groups in total. The Balaban J connectivity index is 2.18. The number of benzene rings is 1. The number of carbonyl (C=O) groups is 1. The Labute approximate surface area is 120 Å². The van der Waals surface area contributed by atoms with Gasteiger partial charge in [-0.05, 0) is 31.5 Å². The number of rotatable bonds is 4. The van der Waals surface area contributed by atoms with Crippen LogP contribution in [0.4, 0.5) is 5.82 Å². The first-order chi connectivity index (χ1) is 9.11. The third-order valence-corrected chi connectivity index (χ3v) is 3.50. The third-order valence-electron chi connectivity index (χ3n) is 3.01. The maximum atomic E-state index is 12.2. The molecule has 0 aliphatic heterocycles. The fourth-order valence-corrected chi connectivity index (χ4v) is 2.15. The molecule has 1 aromatic carbocycles. The van der Waals surface area contributed by atoms with Gasteiger partial charge in [0.15, 0.2) is 0 Å². The fourth-order valence-electron chi connectivity index (χ4n) is 1.76. The molecule has 0 radical (unpaired) electrons. The molecule has 0 spiro atoms. The lowest BCUT2D eigenvalue weighted by atomic mass is 10.2. The average molecular weight is 322 g/mol. The molecule has 1 atom stereocenters. The van der Waals surface area contributed by atoms with Gasteiger partial charge in [0.05, 0.1) is 12.2 Å². The van der Waals surface area contributed by atoms with Gasteiger partial charge in [0.25, 0.3) is 5.91 Å². The van der Waals surface area contributed by atoms with Gasteiger partial charge in [-0.2, -0.15) is 5.10 Å². The Morgan fingerprint density at radius 1 is 1.47 bits per heavy atom. The number of halogens is 1. The maximum absolute atomic E-state index is 12.2. The van der Waals surface area contributed by atoms with Gasteiger partial charge in [-0.1, -0.05) is 28.9 Å². The molecule has 2 rings (SSSR count). The average Bonchev–Trinajstić information content (AvgIpc) is 2.86. The SMILES string of the molecule is CC[C@@H](C)n1nccc1NC(=O)c1cccc(Br)c1. The molecule has 100 valence electrons. The topological polar surface area (TPSA) is 46.9 Å². The van der Waals surface area contributed by atoms with Crippen molar-refractivity contribution in [2.24, 2.45) is 0 Å². The van der Waals surface area contributed by atoms with Crippen molar-refractivity contribution >= 4 is 27.7 Å². The zero-order chi connectivity index (χ0) is 13.8. The van der Waals surface area contributed by atoms with E-state index in [9.17, 15) is 4.79 Å². The Morgan fingerprint density at radius 3 is 2.95 bits per heavy atom. The molecular weight excluding hydrogens is 306 g/mol. The van der Waals surface area contributed by atoms with Gasteiger partial charge < -0.3 is 5.32 Å². The van der Waals surface area contributed by atoms with Crippen molar-refractivity contribution in [3.63, 3.8) is 0 Å². The lowest BCUT2D eigenvalue weighted by Gasteiger charge is -2.14. The standard InChI is InChI=1S/C14H16BrN3O/c1-3-10(2)18-13(7-8-16-18)17-14(19)11-5-4-6-12(15)9-11/h4-10H,3H2,1-2H3,(H,17,19)/t10-/m1/s1. The smallest absolute Gasteiger partial charge is 0.256 e. The van der Waals surface area contributed by atoms with E-state index in [-0.39, 0.29) is 11.9 Å². The second-order valence-electron chi connectivity index (χ2n) is 4.38. The van der Waals surface area contributed by atoms with E-state index in [1.54, 1.807) is 18.3 Å². The Kier molecular flexibility index (Phi) is 4.37. The number of amides is 1. The summed E-state index contributed by atoms with van der Waals surface area (Å²) >= 11 is 3.36. The molecule has 0 saturated carbocycles. The van der Waals surface area contributed by atoms with E-state index in [4.69, 9.17) is 0 Å². The van der Waals surface area contributed by atoms with Crippen LogP contribution >= 0.6 is 15.9 Å². The summed E-state index contributed by atoms with van der Waals surface area (Å²) in [5, 5.41) is 7.13. The van der Waals surface area contributed by atoms with E-state index in [0.717, 1.165) is 16.7 Å². The minimum Gasteiger partial charge on any atom is -0.307 e. The Hall–Kier alpha value is -1.62. The minimum atomic E-state index is -0.133. The summed E-state index contributed by atoms with van der Waals surface area (Å²) in [6.45, 7) is 4.16. The second kappa shape index (κ2) is 6.02. The summed E-state index contributed by atoms with van der Waals surface area (Å²) in [6, 6.07) is 9.36. The molecule has 5 heteroatoms. The predicted octanol–water partition coefficient (Wildman–Crippen LogP) is 3.87. The van der Waals surface area contributed by atoms with Crippen LogP contribution in [0.15, 0.2) is 41.0 Å². The summed E-state index contributed by atoms with van der Waals surface area (Å²) < 4.78 is 2.71. The largest absolute Gasteiger partial charge is 0.307 e. The lowest BCUT2D eigenvalue weighted by Crippen LogP contribution is -2.17. The summed E-state index contributed by atoms with van der Waals surface area (Å²) in [5.74, 6) is 0.589. The van der Waals surface area contributed by atoms with Crippen molar-refractivity contribution < 1.29 is 4.79 Å². The molecule has 0 unspecified atom stereocenters. The normalized spacial score (nSPS) is 12.2. The van der Waals surface area contributed by atoms with Gasteiger partial charge in [-0.3, -0.25) is 4.79 Å². The fraction of sp³-hybridized carbons (Fsp3) is 0.286. The van der Waals surface area contributed by atoms with Crippen LogP contribution in [0.25, 0.3) is 0 Å². The number of nitrogens with zero attached hydrogens (tertiary/aromatic N) is 2. The number of nitrogens with one attached hydrogen (secondary N) is 1. The zero-order valence-electron chi connectivity index (χ0n) is 10.9. The van der Waals surface area contributed by atoms with E-state index in [2.05, 4.69) is 40.2 Å². The first-order valence-corrected chi connectivity index (χ1v) is 7.01. The molecule has 0 fully saturated rings. The highest BCUT2D eigenvalue weighted by Gasteiger charge is 2.12. The molecule has 0 aliphatic carbocycles.